The Labute approximate surface area is 117 Å². The standard InChI is InChI=1S/C16H16FNO2/c1-19-13-4-5-14(15(17)7-13)16(18)10-2-3-11-8-20-9-12(11)6-10/h2-7,16H,8-9,18H2,1H3. The fraction of sp³-hybridized carbons (Fsp3) is 0.250. The van der Waals surface area contributed by atoms with E-state index in [1.165, 1.54) is 18.7 Å². The molecule has 0 spiro atoms. The van der Waals surface area contributed by atoms with Gasteiger partial charge in [0.25, 0.3) is 0 Å². The van der Waals surface area contributed by atoms with Crippen LogP contribution in [-0.2, 0) is 18.0 Å². The SMILES string of the molecule is COc1ccc(C(N)c2ccc3c(c2)COC3)c(F)c1. The van der Waals surface area contributed by atoms with E-state index >= 15 is 0 Å². The van der Waals surface area contributed by atoms with Crippen LogP contribution in [0.5, 0.6) is 5.75 Å². The Balaban J connectivity index is 1.94. The van der Waals surface area contributed by atoms with Crippen LogP contribution in [0.4, 0.5) is 4.39 Å². The molecule has 0 saturated heterocycles. The zero-order chi connectivity index (χ0) is 14.1. The quantitative estimate of drug-likeness (QED) is 0.935. The highest BCUT2D eigenvalue weighted by molar-refractivity contribution is 5.40. The molecule has 0 radical (unpaired) electrons. The van der Waals surface area contributed by atoms with E-state index in [4.69, 9.17) is 15.2 Å². The molecular formula is C16H16FNO2. The highest BCUT2D eigenvalue weighted by Gasteiger charge is 2.17. The molecule has 4 heteroatoms. The summed E-state index contributed by atoms with van der Waals surface area (Å²) in [7, 11) is 1.51. The van der Waals surface area contributed by atoms with Crippen LogP contribution in [0, 0.1) is 5.82 Å². The first-order valence-electron chi connectivity index (χ1n) is 6.47. The smallest absolute Gasteiger partial charge is 0.132 e. The fourth-order valence-corrected chi connectivity index (χ4v) is 2.45. The lowest BCUT2D eigenvalue weighted by Crippen LogP contribution is -2.14. The van der Waals surface area contributed by atoms with Gasteiger partial charge in [-0.05, 0) is 22.8 Å². The Morgan fingerprint density at radius 3 is 2.70 bits per heavy atom. The van der Waals surface area contributed by atoms with Crippen molar-refractivity contribution in [3.63, 3.8) is 0 Å². The first-order valence-corrected chi connectivity index (χ1v) is 6.47. The summed E-state index contributed by atoms with van der Waals surface area (Å²) < 4.78 is 24.4. The van der Waals surface area contributed by atoms with E-state index in [0.29, 0.717) is 24.5 Å². The molecule has 0 bridgehead atoms. The van der Waals surface area contributed by atoms with Crippen molar-refractivity contribution in [2.45, 2.75) is 19.3 Å². The molecular weight excluding hydrogens is 257 g/mol. The number of fused-ring (bicyclic) bond motifs is 1. The van der Waals surface area contributed by atoms with Crippen LogP contribution in [0.3, 0.4) is 0 Å². The summed E-state index contributed by atoms with van der Waals surface area (Å²) in [5.41, 5.74) is 9.84. The Morgan fingerprint density at radius 1 is 1.15 bits per heavy atom. The molecule has 104 valence electrons. The van der Waals surface area contributed by atoms with Gasteiger partial charge in [0.15, 0.2) is 0 Å². The fourth-order valence-electron chi connectivity index (χ4n) is 2.45. The van der Waals surface area contributed by atoms with E-state index in [1.54, 1.807) is 12.1 Å². The minimum atomic E-state index is -0.494. The van der Waals surface area contributed by atoms with Crippen molar-refractivity contribution >= 4 is 0 Å². The zero-order valence-corrected chi connectivity index (χ0v) is 11.2. The second-order valence-electron chi connectivity index (χ2n) is 4.89. The van der Waals surface area contributed by atoms with Crippen molar-refractivity contribution in [3.8, 4) is 5.75 Å². The summed E-state index contributed by atoms with van der Waals surface area (Å²) in [6.07, 6.45) is 0. The van der Waals surface area contributed by atoms with Crippen molar-refractivity contribution in [1.82, 2.24) is 0 Å². The Bertz CT molecular complexity index is 642. The maximum atomic E-state index is 14.1. The van der Waals surface area contributed by atoms with E-state index in [9.17, 15) is 4.39 Å². The monoisotopic (exact) mass is 273 g/mol. The predicted molar refractivity (Wildman–Crippen MR) is 73.9 cm³/mol. The lowest BCUT2D eigenvalue weighted by Gasteiger charge is -2.15. The summed E-state index contributed by atoms with van der Waals surface area (Å²) in [4.78, 5) is 0. The van der Waals surface area contributed by atoms with Gasteiger partial charge < -0.3 is 15.2 Å². The van der Waals surface area contributed by atoms with Crippen LogP contribution >= 0.6 is 0 Å². The van der Waals surface area contributed by atoms with E-state index in [0.717, 1.165) is 11.1 Å². The van der Waals surface area contributed by atoms with Gasteiger partial charge in [0, 0.05) is 11.6 Å². The third-order valence-electron chi connectivity index (χ3n) is 3.65. The van der Waals surface area contributed by atoms with E-state index in [-0.39, 0.29) is 5.82 Å². The van der Waals surface area contributed by atoms with E-state index in [2.05, 4.69) is 0 Å². The molecule has 2 N–H and O–H groups in total. The molecule has 1 heterocycles. The zero-order valence-electron chi connectivity index (χ0n) is 11.2. The molecule has 0 amide bonds. The first-order chi connectivity index (χ1) is 9.69. The largest absolute Gasteiger partial charge is 0.497 e. The van der Waals surface area contributed by atoms with Gasteiger partial charge in [0.05, 0.1) is 26.4 Å². The van der Waals surface area contributed by atoms with Crippen molar-refractivity contribution in [3.05, 3.63) is 64.5 Å². The lowest BCUT2D eigenvalue weighted by atomic mass is 9.96. The average Bonchev–Trinajstić information content (AvgIpc) is 2.93. The Hall–Kier alpha value is -1.91. The lowest BCUT2D eigenvalue weighted by molar-refractivity contribution is 0.134. The molecule has 3 rings (SSSR count). The minimum absolute atomic E-state index is 0.353. The van der Waals surface area contributed by atoms with Crippen LogP contribution in [0.2, 0.25) is 0 Å². The summed E-state index contributed by atoms with van der Waals surface area (Å²) in [5, 5.41) is 0. The molecule has 1 atom stereocenters. The molecule has 1 aliphatic heterocycles. The molecule has 0 fully saturated rings. The van der Waals surface area contributed by atoms with Gasteiger partial charge in [-0.25, -0.2) is 4.39 Å². The van der Waals surface area contributed by atoms with Crippen LogP contribution in [0.15, 0.2) is 36.4 Å². The summed E-state index contributed by atoms with van der Waals surface area (Å²) >= 11 is 0. The predicted octanol–water partition coefficient (Wildman–Crippen LogP) is 2.91. The molecule has 0 aliphatic carbocycles. The molecule has 1 unspecified atom stereocenters. The number of methoxy groups -OCH3 is 1. The van der Waals surface area contributed by atoms with Crippen LogP contribution < -0.4 is 10.5 Å². The van der Waals surface area contributed by atoms with Crippen molar-refractivity contribution < 1.29 is 13.9 Å². The minimum Gasteiger partial charge on any atom is -0.497 e. The third kappa shape index (κ3) is 2.28. The van der Waals surface area contributed by atoms with Gasteiger partial charge in [0.1, 0.15) is 11.6 Å². The number of halogens is 1. The van der Waals surface area contributed by atoms with Gasteiger partial charge in [-0.2, -0.15) is 0 Å². The number of ether oxygens (including phenoxy) is 2. The van der Waals surface area contributed by atoms with Crippen LogP contribution in [0.25, 0.3) is 0 Å². The number of hydrogen-bond donors (Lipinski definition) is 1. The third-order valence-corrected chi connectivity index (χ3v) is 3.65. The van der Waals surface area contributed by atoms with Gasteiger partial charge in [0.2, 0.25) is 0 Å². The second-order valence-corrected chi connectivity index (χ2v) is 4.89. The Morgan fingerprint density at radius 2 is 1.95 bits per heavy atom. The van der Waals surface area contributed by atoms with Gasteiger partial charge in [-0.3, -0.25) is 0 Å². The van der Waals surface area contributed by atoms with Gasteiger partial charge in [-0.15, -0.1) is 0 Å². The first kappa shape index (κ1) is 13.1. The molecule has 2 aromatic rings. The van der Waals surface area contributed by atoms with Crippen molar-refractivity contribution in [1.29, 1.82) is 0 Å². The molecule has 20 heavy (non-hydrogen) atoms. The summed E-state index contributed by atoms with van der Waals surface area (Å²) in [6, 6.07) is 10.2. The molecule has 1 aliphatic rings. The average molecular weight is 273 g/mol. The second kappa shape index (κ2) is 5.23. The number of nitrogens with two attached hydrogens (primary N) is 1. The molecule has 0 saturated carbocycles. The van der Waals surface area contributed by atoms with Gasteiger partial charge in [-0.1, -0.05) is 24.3 Å². The number of rotatable bonds is 3. The van der Waals surface area contributed by atoms with Crippen LogP contribution in [-0.4, -0.2) is 7.11 Å². The molecule has 3 nitrogen and oxygen atoms in total. The molecule has 2 aromatic carbocycles. The molecule has 0 aromatic heterocycles. The maximum absolute atomic E-state index is 14.1. The van der Waals surface area contributed by atoms with Crippen molar-refractivity contribution in [2.75, 3.05) is 7.11 Å². The topological polar surface area (TPSA) is 44.5 Å². The summed E-state index contributed by atoms with van der Waals surface area (Å²) in [6.45, 7) is 1.24. The van der Waals surface area contributed by atoms with E-state index in [1.807, 2.05) is 18.2 Å². The number of hydrogen-bond acceptors (Lipinski definition) is 3. The van der Waals surface area contributed by atoms with E-state index < -0.39 is 6.04 Å². The normalized spacial score (nSPS) is 14.9. The highest BCUT2D eigenvalue weighted by Crippen LogP contribution is 2.28. The van der Waals surface area contributed by atoms with Crippen LogP contribution in [0.1, 0.15) is 28.3 Å². The summed E-state index contributed by atoms with van der Waals surface area (Å²) in [5.74, 6) is 0.134. The maximum Gasteiger partial charge on any atom is 0.132 e. The highest BCUT2D eigenvalue weighted by atomic mass is 19.1. The van der Waals surface area contributed by atoms with Crippen molar-refractivity contribution in [2.24, 2.45) is 5.73 Å². The Kier molecular flexibility index (Phi) is 3.42. The van der Waals surface area contributed by atoms with Gasteiger partial charge >= 0.3 is 0 Å². The number of benzene rings is 2.